The van der Waals surface area contributed by atoms with Crippen LogP contribution in [-0.2, 0) is 14.8 Å². The minimum Gasteiger partial charge on any atom is -0.368 e. The molecule has 0 bridgehead atoms. The van der Waals surface area contributed by atoms with Crippen LogP contribution in [0.1, 0.15) is 19.8 Å². The highest BCUT2D eigenvalue weighted by Crippen LogP contribution is 2.16. The van der Waals surface area contributed by atoms with Crippen molar-refractivity contribution in [3.63, 3.8) is 0 Å². The second-order valence-corrected chi connectivity index (χ2v) is 8.10. The fourth-order valence-electron chi connectivity index (χ4n) is 2.92. The van der Waals surface area contributed by atoms with Gasteiger partial charge in [0.1, 0.15) is 0 Å². The van der Waals surface area contributed by atoms with E-state index in [1.165, 1.54) is 16.2 Å². The molecule has 2 rings (SSSR count). The molecule has 7 heteroatoms. The molecule has 1 aliphatic heterocycles. The van der Waals surface area contributed by atoms with Gasteiger partial charge in [-0.1, -0.05) is 25.1 Å². The standard InChI is InChI=1S/C17H27N3O3S/c1-3-10-20(24(2,22)23)11-9-17(21)19-14-12-18(13-15-19)16-7-5-4-6-8-16/h4-8H,3,9-15H2,1-2H3. The van der Waals surface area contributed by atoms with Crippen LogP contribution < -0.4 is 4.90 Å². The molecule has 1 aliphatic rings. The van der Waals surface area contributed by atoms with Crippen LogP contribution in [0.5, 0.6) is 0 Å². The Morgan fingerprint density at radius 2 is 1.71 bits per heavy atom. The van der Waals surface area contributed by atoms with Gasteiger partial charge in [0.2, 0.25) is 15.9 Å². The van der Waals surface area contributed by atoms with Crippen molar-refractivity contribution in [2.75, 3.05) is 50.4 Å². The molecule has 24 heavy (non-hydrogen) atoms. The maximum Gasteiger partial charge on any atom is 0.224 e. The quantitative estimate of drug-likeness (QED) is 0.743. The number of rotatable bonds is 7. The highest BCUT2D eigenvalue weighted by atomic mass is 32.2. The first-order valence-corrected chi connectivity index (χ1v) is 10.3. The molecule has 1 fully saturated rings. The SMILES string of the molecule is CCCN(CCC(=O)N1CCN(c2ccccc2)CC1)S(C)(=O)=O. The Labute approximate surface area is 145 Å². The number of nitrogens with zero attached hydrogens (tertiary/aromatic N) is 3. The lowest BCUT2D eigenvalue weighted by Gasteiger charge is -2.36. The predicted molar refractivity (Wildman–Crippen MR) is 96.6 cm³/mol. The highest BCUT2D eigenvalue weighted by molar-refractivity contribution is 7.88. The molecular formula is C17H27N3O3S. The summed E-state index contributed by atoms with van der Waals surface area (Å²) in [7, 11) is -3.24. The normalized spacial score (nSPS) is 15.8. The lowest BCUT2D eigenvalue weighted by molar-refractivity contribution is -0.131. The number of anilines is 1. The minimum atomic E-state index is -3.24. The van der Waals surface area contributed by atoms with Gasteiger partial charge in [-0.05, 0) is 18.6 Å². The summed E-state index contributed by atoms with van der Waals surface area (Å²) < 4.78 is 24.8. The first-order valence-electron chi connectivity index (χ1n) is 8.44. The summed E-state index contributed by atoms with van der Waals surface area (Å²) in [5, 5.41) is 0. The highest BCUT2D eigenvalue weighted by Gasteiger charge is 2.23. The van der Waals surface area contributed by atoms with E-state index in [4.69, 9.17) is 0 Å². The molecule has 1 aromatic carbocycles. The zero-order chi connectivity index (χ0) is 17.6. The average Bonchev–Trinajstić information content (AvgIpc) is 2.58. The molecule has 0 radical (unpaired) electrons. The minimum absolute atomic E-state index is 0.0347. The number of carbonyl (C=O) groups is 1. The monoisotopic (exact) mass is 353 g/mol. The van der Waals surface area contributed by atoms with E-state index in [1.54, 1.807) is 0 Å². The third-order valence-corrected chi connectivity index (χ3v) is 5.57. The van der Waals surface area contributed by atoms with Crippen LogP contribution in [-0.4, -0.2) is 69.1 Å². The maximum atomic E-state index is 12.4. The Hall–Kier alpha value is -1.60. The number of para-hydroxylation sites is 1. The molecule has 0 N–H and O–H groups in total. The molecule has 1 aromatic rings. The molecule has 0 aromatic heterocycles. The predicted octanol–water partition coefficient (Wildman–Crippen LogP) is 1.40. The van der Waals surface area contributed by atoms with Crippen molar-refractivity contribution < 1.29 is 13.2 Å². The van der Waals surface area contributed by atoms with E-state index < -0.39 is 10.0 Å². The second kappa shape index (κ2) is 8.48. The van der Waals surface area contributed by atoms with Gasteiger partial charge in [0.25, 0.3) is 0 Å². The Kier molecular flexibility index (Phi) is 6.62. The number of amides is 1. The third kappa shape index (κ3) is 5.21. The Morgan fingerprint density at radius 1 is 1.08 bits per heavy atom. The molecule has 0 aliphatic carbocycles. The van der Waals surface area contributed by atoms with E-state index in [0.717, 1.165) is 19.5 Å². The van der Waals surface area contributed by atoms with Crippen molar-refractivity contribution in [3.8, 4) is 0 Å². The van der Waals surface area contributed by atoms with Crippen molar-refractivity contribution in [1.29, 1.82) is 0 Å². The first kappa shape index (κ1) is 18.7. The van der Waals surface area contributed by atoms with Gasteiger partial charge in [-0.15, -0.1) is 0 Å². The molecule has 1 amide bonds. The number of carbonyl (C=O) groups excluding carboxylic acids is 1. The topological polar surface area (TPSA) is 60.9 Å². The van der Waals surface area contributed by atoms with Crippen LogP contribution in [0.25, 0.3) is 0 Å². The molecule has 134 valence electrons. The average molecular weight is 353 g/mol. The molecule has 1 heterocycles. The van der Waals surface area contributed by atoms with Gasteiger partial charge >= 0.3 is 0 Å². The smallest absolute Gasteiger partial charge is 0.224 e. The Bertz CT molecular complexity index is 626. The second-order valence-electron chi connectivity index (χ2n) is 6.12. The fraction of sp³-hybridized carbons (Fsp3) is 0.588. The van der Waals surface area contributed by atoms with Crippen LogP contribution in [0.3, 0.4) is 0 Å². The zero-order valence-electron chi connectivity index (χ0n) is 14.5. The first-order chi connectivity index (χ1) is 11.4. The van der Waals surface area contributed by atoms with Gasteiger partial charge in [-0.25, -0.2) is 12.7 Å². The van der Waals surface area contributed by atoms with Crippen molar-refractivity contribution in [2.24, 2.45) is 0 Å². The van der Waals surface area contributed by atoms with Crippen molar-refractivity contribution >= 4 is 21.6 Å². The fourth-order valence-corrected chi connectivity index (χ4v) is 3.86. The number of benzene rings is 1. The largest absolute Gasteiger partial charge is 0.368 e. The molecule has 6 nitrogen and oxygen atoms in total. The number of piperazine rings is 1. The summed E-state index contributed by atoms with van der Waals surface area (Å²) in [6.45, 7) is 5.64. The number of sulfonamides is 1. The molecule has 0 spiro atoms. The molecule has 0 unspecified atom stereocenters. The summed E-state index contributed by atoms with van der Waals surface area (Å²) in [6, 6.07) is 10.2. The van der Waals surface area contributed by atoms with Crippen molar-refractivity contribution in [2.45, 2.75) is 19.8 Å². The lowest BCUT2D eigenvalue weighted by Crippen LogP contribution is -2.49. The Balaban J connectivity index is 1.82. The van der Waals surface area contributed by atoms with E-state index in [-0.39, 0.29) is 18.9 Å². The van der Waals surface area contributed by atoms with Crippen molar-refractivity contribution in [1.82, 2.24) is 9.21 Å². The molecule has 1 saturated heterocycles. The van der Waals surface area contributed by atoms with Crippen LogP contribution >= 0.6 is 0 Å². The van der Waals surface area contributed by atoms with Gasteiger partial charge in [-0.3, -0.25) is 4.79 Å². The van der Waals surface area contributed by atoms with Gasteiger partial charge in [0, 0.05) is 51.4 Å². The summed E-state index contributed by atoms with van der Waals surface area (Å²) >= 11 is 0. The van der Waals surface area contributed by atoms with Crippen LogP contribution in [0.2, 0.25) is 0 Å². The van der Waals surface area contributed by atoms with E-state index in [9.17, 15) is 13.2 Å². The van der Waals surface area contributed by atoms with Crippen LogP contribution in [0, 0.1) is 0 Å². The van der Waals surface area contributed by atoms with Gasteiger partial charge in [-0.2, -0.15) is 0 Å². The number of hydrogen-bond donors (Lipinski definition) is 0. The van der Waals surface area contributed by atoms with E-state index in [2.05, 4.69) is 17.0 Å². The van der Waals surface area contributed by atoms with Gasteiger partial charge in [0.15, 0.2) is 0 Å². The molecule has 0 saturated carbocycles. The lowest BCUT2D eigenvalue weighted by atomic mass is 10.2. The van der Waals surface area contributed by atoms with E-state index >= 15 is 0 Å². The number of hydrogen-bond acceptors (Lipinski definition) is 4. The summed E-state index contributed by atoms with van der Waals surface area (Å²) in [6.07, 6.45) is 2.20. The molecule has 0 atom stereocenters. The molecular weight excluding hydrogens is 326 g/mol. The maximum absolute atomic E-state index is 12.4. The zero-order valence-corrected chi connectivity index (χ0v) is 15.3. The summed E-state index contributed by atoms with van der Waals surface area (Å²) in [4.78, 5) is 16.5. The van der Waals surface area contributed by atoms with E-state index in [0.29, 0.717) is 19.6 Å². The van der Waals surface area contributed by atoms with Crippen molar-refractivity contribution in [3.05, 3.63) is 30.3 Å². The van der Waals surface area contributed by atoms with Gasteiger partial charge in [0.05, 0.1) is 6.26 Å². The van der Waals surface area contributed by atoms with Gasteiger partial charge < -0.3 is 9.80 Å². The van der Waals surface area contributed by atoms with Crippen LogP contribution in [0.15, 0.2) is 30.3 Å². The Morgan fingerprint density at radius 3 is 2.25 bits per heavy atom. The summed E-state index contributed by atoms with van der Waals surface area (Å²) in [5.41, 5.74) is 1.18. The summed E-state index contributed by atoms with van der Waals surface area (Å²) in [5.74, 6) is 0.0347. The van der Waals surface area contributed by atoms with E-state index in [1.807, 2.05) is 30.0 Å². The van der Waals surface area contributed by atoms with Crippen LogP contribution in [0.4, 0.5) is 5.69 Å². The third-order valence-electron chi connectivity index (χ3n) is 4.27.